The molecular formula is C14H20ClN3O2. The second-order valence-corrected chi connectivity index (χ2v) is 5.66. The molecular weight excluding hydrogens is 278 g/mol. The van der Waals surface area contributed by atoms with Crippen molar-refractivity contribution in [1.82, 2.24) is 4.90 Å². The average Bonchev–Trinajstić information content (AvgIpc) is 2.46. The van der Waals surface area contributed by atoms with Gasteiger partial charge >= 0.3 is 0 Å². The molecule has 0 N–H and O–H groups in total. The first-order chi connectivity index (χ1) is 9.52. The minimum Gasteiger partial charge on any atom is -0.366 e. The molecule has 6 heteroatoms. The quantitative estimate of drug-likeness (QED) is 0.487. The van der Waals surface area contributed by atoms with Crippen LogP contribution in [-0.2, 0) is 5.88 Å². The first-order valence-corrected chi connectivity index (χ1v) is 7.31. The van der Waals surface area contributed by atoms with E-state index in [9.17, 15) is 10.1 Å². The summed E-state index contributed by atoms with van der Waals surface area (Å²) in [5, 5.41) is 11.2. The van der Waals surface area contributed by atoms with Gasteiger partial charge in [-0.3, -0.25) is 10.1 Å². The Kier molecular flexibility index (Phi) is 4.83. The minimum atomic E-state index is -0.316. The Hall–Kier alpha value is -1.33. The van der Waals surface area contributed by atoms with Gasteiger partial charge in [0.2, 0.25) is 0 Å². The van der Waals surface area contributed by atoms with E-state index in [0.717, 1.165) is 31.5 Å². The molecule has 1 aromatic carbocycles. The van der Waals surface area contributed by atoms with Crippen LogP contribution in [0, 0.1) is 10.1 Å². The molecule has 1 heterocycles. The molecule has 0 aliphatic carbocycles. The number of alkyl halides is 1. The van der Waals surface area contributed by atoms with Crippen molar-refractivity contribution in [2.24, 2.45) is 0 Å². The summed E-state index contributed by atoms with van der Waals surface area (Å²) in [4.78, 5) is 15.2. The van der Waals surface area contributed by atoms with Crippen LogP contribution in [-0.4, -0.2) is 43.0 Å². The number of hydrogen-bond acceptors (Lipinski definition) is 4. The van der Waals surface area contributed by atoms with Gasteiger partial charge in [-0.2, -0.15) is 0 Å². The Morgan fingerprint density at radius 1 is 1.40 bits per heavy atom. The zero-order valence-corrected chi connectivity index (χ0v) is 12.6. The number of rotatable bonds is 4. The Morgan fingerprint density at radius 3 is 2.55 bits per heavy atom. The van der Waals surface area contributed by atoms with Gasteiger partial charge in [-0.15, -0.1) is 11.6 Å². The van der Waals surface area contributed by atoms with E-state index >= 15 is 0 Å². The SMILES string of the molecule is CN(C)C1CCN(c2ccc(CCl)cc2[N+](=O)[O-])CC1. The first-order valence-electron chi connectivity index (χ1n) is 6.77. The van der Waals surface area contributed by atoms with Crippen LogP contribution in [0.25, 0.3) is 0 Å². The molecule has 0 aromatic heterocycles. The fourth-order valence-electron chi connectivity index (χ4n) is 2.69. The number of halogens is 1. The van der Waals surface area contributed by atoms with E-state index < -0.39 is 0 Å². The molecule has 0 saturated carbocycles. The van der Waals surface area contributed by atoms with Crippen LogP contribution in [0.5, 0.6) is 0 Å². The summed E-state index contributed by atoms with van der Waals surface area (Å²) in [6.45, 7) is 1.70. The van der Waals surface area contributed by atoms with Gasteiger partial charge in [-0.05, 0) is 38.6 Å². The highest BCUT2D eigenvalue weighted by Gasteiger charge is 2.25. The van der Waals surface area contributed by atoms with Gasteiger partial charge in [0.15, 0.2) is 0 Å². The summed E-state index contributed by atoms with van der Waals surface area (Å²) >= 11 is 5.75. The second kappa shape index (κ2) is 6.41. The van der Waals surface area contributed by atoms with Crippen molar-refractivity contribution in [3.63, 3.8) is 0 Å². The molecule has 1 aliphatic rings. The summed E-state index contributed by atoms with van der Waals surface area (Å²) in [7, 11) is 4.16. The van der Waals surface area contributed by atoms with E-state index in [-0.39, 0.29) is 10.6 Å². The molecule has 1 aromatic rings. The van der Waals surface area contributed by atoms with Crippen LogP contribution >= 0.6 is 11.6 Å². The molecule has 0 radical (unpaired) electrons. The molecule has 2 rings (SSSR count). The van der Waals surface area contributed by atoms with Gasteiger partial charge in [0.25, 0.3) is 5.69 Å². The molecule has 0 atom stereocenters. The van der Waals surface area contributed by atoms with Crippen LogP contribution in [0.4, 0.5) is 11.4 Å². The number of nitro groups is 1. The summed E-state index contributed by atoms with van der Waals surface area (Å²) in [6.07, 6.45) is 2.06. The minimum absolute atomic E-state index is 0.159. The molecule has 0 amide bonds. The first kappa shape index (κ1) is 15.1. The third kappa shape index (κ3) is 3.22. The van der Waals surface area contributed by atoms with Crippen molar-refractivity contribution in [3.05, 3.63) is 33.9 Å². The third-order valence-corrected chi connectivity index (χ3v) is 4.23. The normalized spacial score (nSPS) is 16.7. The maximum atomic E-state index is 11.2. The molecule has 1 saturated heterocycles. The van der Waals surface area contributed by atoms with Crippen molar-refractivity contribution in [2.75, 3.05) is 32.1 Å². The number of anilines is 1. The zero-order valence-electron chi connectivity index (χ0n) is 11.9. The topological polar surface area (TPSA) is 49.6 Å². The van der Waals surface area contributed by atoms with E-state index in [2.05, 4.69) is 23.9 Å². The smallest absolute Gasteiger partial charge is 0.292 e. The third-order valence-electron chi connectivity index (χ3n) is 3.93. The van der Waals surface area contributed by atoms with Crippen LogP contribution in [0.3, 0.4) is 0 Å². The predicted octanol–water partition coefficient (Wildman–Crippen LogP) is 2.86. The van der Waals surface area contributed by atoms with E-state index in [1.54, 1.807) is 6.07 Å². The van der Waals surface area contributed by atoms with Crippen molar-refractivity contribution < 1.29 is 4.92 Å². The lowest BCUT2D eigenvalue weighted by atomic mass is 10.0. The van der Waals surface area contributed by atoms with E-state index in [1.165, 1.54) is 0 Å². The summed E-state index contributed by atoms with van der Waals surface area (Å²) in [5.41, 5.74) is 1.65. The molecule has 110 valence electrons. The molecule has 1 aliphatic heterocycles. The Bertz CT molecular complexity index is 485. The van der Waals surface area contributed by atoms with E-state index in [1.807, 2.05) is 12.1 Å². The summed E-state index contributed by atoms with van der Waals surface area (Å²) < 4.78 is 0. The number of hydrogen-bond donors (Lipinski definition) is 0. The number of nitrogens with zero attached hydrogens (tertiary/aromatic N) is 3. The highest BCUT2D eigenvalue weighted by atomic mass is 35.5. The molecule has 20 heavy (non-hydrogen) atoms. The largest absolute Gasteiger partial charge is 0.366 e. The Labute approximate surface area is 124 Å². The van der Waals surface area contributed by atoms with Gasteiger partial charge in [-0.25, -0.2) is 0 Å². The second-order valence-electron chi connectivity index (χ2n) is 5.40. The monoisotopic (exact) mass is 297 g/mol. The number of nitro benzene ring substituents is 1. The van der Waals surface area contributed by atoms with Crippen LogP contribution < -0.4 is 4.90 Å². The van der Waals surface area contributed by atoms with Crippen LogP contribution in [0.2, 0.25) is 0 Å². The van der Waals surface area contributed by atoms with Gasteiger partial charge < -0.3 is 9.80 Å². The number of piperidine rings is 1. The molecule has 0 spiro atoms. The maximum absolute atomic E-state index is 11.2. The lowest BCUT2D eigenvalue weighted by Crippen LogP contribution is -2.42. The standard InChI is InChI=1S/C14H20ClN3O2/c1-16(2)12-5-7-17(8-6-12)13-4-3-11(10-15)9-14(13)18(19)20/h3-4,9,12H,5-8,10H2,1-2H3. The van der Waals surface area contributed by atoms with Crippen molar-refractivity contribution in [3.8, 4) is 0 Å². The maximum Gasteiger partial charge on any atom is 0.292 e. The van der Waals surface area contributed by atoms with Crippen molar-refractivity contribution >= 4 is 23.0 Å². The van der Waals surface area contributed by atoms with Crippen molar-refractivity contribution in [2.45, 2.75) is 24.8 Å². The highest BCUT2D eigenvalue weighted by molar-refractivity contribution is 6.17. The van der Waals surface area contributed by atoms with E-state index in [0.29, 0.717) is 17.6 Å². The zero-order chi connectivity index (χ0) is 14.7. The number of benzene rings is 1. The van der Waals surface area contributed by atoms with Gasteiger partial charge in [-0.1, -0.05) is 6.07 Å². The van der Waals surface area contributed by atoms with Crippen molar-refractivity contribution in [1.29, 1.82) is 0 Å². The fourth-order valence-corrected chi connectivity index (χ4v) is 2.86. The van der Waals surface area contributed by atoms with Gasteiger partial charge in [0, 0.05) is 31.1 Å². The molecule has 0 unspecified atom stereocenters. The Balaban J connectivity index is 2.19. The Morgan fingerprint density at radius 2 is 2.05 bits per heavy atom. The molecule has 5 nitrogen and oxygen atoms in total. The van der Waals surface area contributed by atoms with Crippen LogP contribution in [0.15, 0.2) is 18.2 Å². The lowest BCUT2D eigenvalue weighted by Gasteiger charge is -2.36. The lowest BCUT2D eigenvalue weighted by molar-refractivity contribution is -0.384. The summed E-state index contributed by atoms with van der Waals surface area (Å²) in [6, 6.07) is 5.84. The fraction of sp³-hybridized carbons (Fsp3) is 0.571. The van der Waals surface area contributed by atoms with Gasteiger partial charge in [0.05, 0.1) is 4.92 Å². The molecule has 0 bridgehead atoms. The van der Waals surface area contributed by atoms with E-state index in [4.69, 9.17) is 11.6 Å². The van der Waals surface area contributed by atoms with Crippen LogP contribution in [0.1, 0.15) is 18.4 Å². The predicted molar refractivity (Wildman–Crippen MR) is 81.6 cm³/mol. The summed E-state index contributed by atoms with van der Waals surface area (Å²) in [5.74, 6) is 0.295. The highest BCUT2D eigenvalue weighted by Crippen LogP contribution is 2.32. The molecule has 1 fully saturated rings. The average molecular weight is 298 g/mol. The van der Waals surface area contributed by atoms with Gasteiger partial charge in [0.1, 0.15) is 5.69 Å².